The van der Waals surface area contributed by atoms with E-state index in [9.17, 15) is 13.2 Å². The molecule has 2 aromatic rings. The van der Waals surface area contributed by atoms with Gasteiger partial charge in [-0.2, -0.15) is 13.2 Å². The van der Waals surface area contributed by atoms with Gasteiger partial charge in [-0.3, -0.25) is 0 Å². The lowest BCUT2D eigenvalue weighted by Gasteiger charge is -2.11. The Kier molecular flexibility index (Phi) is 4.05. The number of benzene rings is 1. The van der Waals surface area contributed by atoms with E-state index >= 15 is 0 Å². The summed E-state index contributed by atoms with van der Waals surface area (Å²) >= 11 is 4.44. The number of nitrogens with zero attached hydrogens (tertiary/aromatic N) is 1. The molecule has 2 N–H and O–H groups in total. The van der Waals surface area contributed by atoms with E-state index in [1.54, 1.807) is 18.3 Å². The Balaban J connectivity index is 2.35. The van der Waals surface area contributed by atoms with Crippen molar-refractivity contribution in [3.63, 3.8) is 0 Å². The van der Waals surface area contributed by atoms with Crippen molar-refractivity contribution in [1.29, 1.82) is 0 Å². The number of nitrogens with two attached hydrogens (primary N) is 1. The summed E-state index contributed by atoms with van der Waals surface area (Å²) in [5, 5.41) is 0.598. The van der Waals surface area contributed by atoms with Crippen LogP contribution in [0, 0.1) is 0 Å². The molecule has 0 spiro atoms. The molecule has 7 heteroatoms. The minimum Gasteiger partial charge on any atom is -0.398 e. The highest BCUT2D eigenvalue weighted by Crippen LogP contribution is 2.38. The Hall–Kier alpha value is -1.21. The van der Waals surface area contributed by atoms with Crippen LogP contribution in [0.2, 0.25) is 0 Å². The molecule has 0 bridgehead atoms. The lowest BCUT2D eigenvalue weighted by atomic mass is 10.2. The van der Waals surface area contributed by atoms with Crippen molar-refractivity contribution in [2.45, 2.75) is 16.1 Å². The van der Waals surface area contributed by atoms with Crippen molar-refractivity contribution in [3.8, 4) is 0 Å². The Morgan fingerprint density at radius 1 is 1.21 bits per heavy atom. The maximum Gasteiger partial charge on any atom is 0.418 e. The SMILES string of the molecule is Nc1ccc(Sc2ncccc2Br)cc1C(F)(F)F. The minimum absolute atomic E-state index is 0.281. The van der Waals surface area contributed by atoms with Gasteiger partial charge in [0.15, 0.2) is 0 Å². The van der Waals surface area contributed by atoms with Gasteiger partial charge in [-0.05, 0) is 46.3 Å². The monoisotopic (exact) mass is 348 g/mol. The highest BCUT2D eigenvalue weighted by molar-refractivity contribution is 9.10. The van der Waals surface area contributed by atoms with E-state index < -0.39 is 11.7 Å². The maximum absolute atomic E-state index is 12.7. The fourth-order valence-corrected chi connectivity index (χ4v) is 2.72. The van der Waals surface area contributed by atoms with Crippen LogP contribution in [0.1, 0.15) is 5.56 Å². The summed E-state index contributed by atoms with van der Waals surface area (Å²) < 4.78 is 38.9. The third-order valence-corrected chi connectivity index (χ3v) is 4.18. The lowest BCUT2D eigenvalue weighted by Crippen LogP contribution is -2.08. The zero-order valence-electron chi connectivity index (χ0n) is 9.41. The first-order valence-electron chi connectivity index (χ1n) is 5.13. The van der Waals surface area contributed by atoms with E-state index in [-0.39, 0.29) is 5.69 Å². The van der Waals surface area contributed by atoms with E-state index in [0.29, 0.717) is 9.92 Å². The molecule has 0 aliphatic heterocycles. The highest BCUT2D eigenvalue weighted by atomic mass is 79.9. The van der Waals surface area contributed by atoms with Gasteiger partial charge in [0.2, 0.25) is 0 Å². The minimum atomic E-state index is -4.46. The van der Waals surface area contributed by atoms with E-state index in [1.165, 1.54) is 12.1 Å². The summed E-state index contributed by atoms with van der Waals surface area (Å²) in [5.74, 6) is 0. The number of hydrogen-bond donors (Lipinski definition) is 1. The van der Waals surface area contributed by atoms with Crippen molar-refractivity contribution in [3.05, 3.63) is 46.6 Å². The second-order valence-corrected chi connectivity index (χ2v) is 5.56. The number of rotatable bonds is 2. The van der Waals surface area contributed by atoms with Gasteiger partial charge >= 0.3 is 6.18 Å². The Labute approximate surface area is 120 Å². The van der Waals surface area contributed by atoms with Gasteiger partial charge < -0.3 is 5.73 Å². The highest BCUT2D eigenvalue weighted by Gasteiger charge is 2.33. The summed E-state index contributed by atoms with van der Waals surface area (Å²) in [6.07, 6.45) is -2.88. The summed E-state index contributed by atoms with van der Waals surface area (Å²) in [5.41, 5.74) is 4.23. The van der Waals surface area contributed by atoms with Crippen molar-refractivity contribution in [2.75, 3.05) is 5.73 Å². The van der Waals surface area contributed by atoms with Gasteiger partial charge in [-0.15, -0.1) is 0 Å². The standard InChI is InChI=1S/C12H8BrF3N2S/c13-9-2-1-5-18-11(9)19-7-3-4-10(17)8(6-7)12(14,15)16/h1-6H,17H2. The molecule has 2 nitrogen and oxygen atoms in total. The van der Waals surface area contributed by atoms with Crippen LogP contribution < -0.4 is 5.73 Å². The number of alkyl halides is 3. The Morgan fingerprint density at radius 3 is 2.58 bits per heavy atom. The zero-order chi connectivity index (χ0) is 14.0. The fourth-order valence-electron chi connectivity index (χ4n) is 1.40. The van der Waals surface area contributed by atoms with Crippen LogP contribution in [0.25, 0.3) is 0 Å². The molecule has 0 aliphatic carbocycles. The van der Waals surface area contributed by atoms with Crippen LogP contribution in [-0.2, 0) is 6.18 Å². The number of nitrogen functional groups attached to an aromatic ring is 1. The topological polar surface area (TPSA) is 38.9 Å². The molecule has 1 aromatic heterocycles. The van der Waals surface area contributed by atoms with Crippen molar-refractivity contribution in [1.82, 2.24) is 4.98 Å². The summed E-state index contributed by atoms with van der Waals surface area (Å²) in [6.45, 7) is 0. The molecule has 0 atom stereocenters. The number of aromatic nitrogens is 1. The lowest BCUT2D eigenvalue weighted by molar-refractivity contribution is -0.137. The number of anilines is 1. The normalized spacial score (nSPS) is 11.6. The first kappa shape index (κ1) is 14.2. The maximum atomic E-state index is 12.7. The van der Waals surface area contributed by atoms with E-state index in [0.717, 1.165) is 22.3 Å². The second-order valence-electron chi connectivity index (χ2n) is 3.64. The number of halogens is 4. The van der Waals surface area contributed by atoms with E-state index in [2.05, 4.69) is 20.9 Å². The van der Waals surface area contributed by atoms with Crippen molar-refractivity contribution < 1.29 is 13.2 Å². The van der Waals surface area contributed by atoms with Crippen LogP contribution in [0.4, 0.5) is 18.9 Å². The van der Waals surface area contributed by atoms with Gasteiger partial charge in [0, 0.05) is 16.8 Å². The largest absolute Gasteiger partial charge is 0.418 e. The average Bonchev–Trinajstić information content (AvgIpc) is 2.33. The van der Waals surface area contributed by atoms with Gasteiger partial charge in [0.05, 0.1) is 10.0 Å². The third-order valence-electron chi connectivity index (χ3n) is 2.27. The van der Waals surface area contributed by atoms with Gasteiger partial charge in [0.1, 0.15) is 5.03 Å². The molecule has 0 amide bonds. The quantitative estimate of drug-likeness (QED) is 0.806. The molecule has 0 fully saturated rings. The average molecular weight is 349 g/mol. The number of hydrogen-bond acceptors (Lipinski definition) is 3. The van der Waals surface area contributed by atoms with Crippen LogP contribution in [0.3, 0.4) is 0 Å². The smallest absolute Gasteiger partial charge is 0.398 e. The third kappa shape index (κ3) is 3.42. The van der Waals surface area contributed by atoms with E-state index in [4.69, 9.17) is 5.73 Å². The second kappa shape index (κ2) is 5.42. The van der Waals surface area contributed by atoms with Gasteiger partial charge in [0.25, 0.3) is 0 Å². The molecule has 2 rings (SSSR count). The molecule has 100 valence electrons. The molecule has 19 heavy (non-hydrogen) atoms. The molecule has 0 radical (unpaired) electrons. The first-order chi connectivity index (χ1) is 8.88. The zero-order valence-corrected chi connectivity index (χ0v) is 11.8. The van der Waals surface area contributed by atoms with Crippen LogP contribution in [0.15, 0.2) is 50.9 Å². The molecule has 0 saturated heterocycles. The van der Waals surface area contributed by atoms with Crippen molar-refractivity contribution >= 4 is 33.4 Å². The van der Waals surface area contributed by atoms with Gasteiger partial charge in [-0.1, -0.05) is 11.8 Å². The van der Waals surface area contributed by atoms with Crippen LogP contribution in [-0.4, -0.2) is 4.98 Å². The summed E-state index contributed by atoms with van der Waals surface area (Å²) in [4.78, 5) is 4.52. The molecular formula is C12H8BrF3N2S. The molecule has 0 aliphatic rings. The number of pyridine rings is 1. The van der Waals surface area contributed by atoms with E-state index in [1.807, 2.05) is 0 Å². The predicted octanol–water partition coefficient (Wildman–Crippen LogP) is 4.60. The molecule has 1 aromatic carbocycles. The Bertz CT molecular complexity index is 602. The van der Waals surface area contributed by atoms with Crippen molar-refractivity contribution in [2.24, 2.45) is 0 Å². The molecular weight excluding hydrogens is 341 g/mol. The fraction of sp³-hybridized carbons (Fsp3) is 0.0833. The van der Waals surface area contributed by atoms with Crippen LogP contribution in [0.5, 0.6) is 0 Å². The molecule has 0 unspecified atom stereocenters. The first-order valence-corrected chi connectivity index (χ1v) is 6.74. The van der Waals surface area contributed by atoms with Crippen LogP contribution >= 0.6 is 27.7 Å². The molecule has 1 heterocycles. The molecule has 0 saturated carbocycles. The summed E-state index contributed by atoms with van der Waals surface area (Å²) in [6, 6.07) is 7.33. The van der Waals surface area contributed by atoms with Gasteiger partial charge in [-0.25, -0.2) is 4.98 Å². The Morgan fingerprint density at radius 2 is 1.95 bits per heavy atom. The predicted molar refractivity (Wildman–Crippen MR) is 71.9 cm³/mol. The summed E-state index contributed by atoms with van der Waals surface area (Å²) in [7, 11) is 0.